The molecular formula is C9H16N4O. The summed E-state index contributed by atoms with van der Waals surface area (Å²) in [4.78, 5) is 10.0. The van der Waals surface area contributed by atoms with Gasteiger partial charge in [0.05, 0.1) is 12.4 Å². The minimum atomic E-state index is 0.316. The van der Waals surface area contributed by atoms with Crippen LogP contribution in [0.15, 0.2) is 9.98 Å². The zero-order chi connectivity index (χ0) is 9.97. The van der Waals surface area contributed by atoms with E-state index in [4.69, 9.17) is 10.5 Å². The molecule has 0 spiro atoms. The summed E-state index contributed by atoms with van der Waals surface area (Å²) in [6.45, 7) is 4.56. The lowest BCUT2D eigenvalue weighted by Gasteiger charge is -2.24. The first-order valence-electron chi connectivity index (χ1n) is 4.95. The van der Waals surface area contributed by atoms with Gasteiger partial charge in [-0.15, -0.1) is 0 Å². The molecule has 2 atom stereocenters. The van der Waals surface area contributed by atoms with E-state index in [1.807, 2.05) is 4.90 Å². The van der Waals surface area contributed by atoms with E-state index in [0.29, 0.717) is 24.7 Å². The zero-order valence-corrected chi connectivity index (χ0v) is 8.39. The van der Waals surface area contributed by atoms with Crippen molar-refractivity contribution in [1.82, 2.24) is 4.90 Å². The number of nitrogens with zero attached hydrogens (tertiary/aromatic N) is 3. The summed E-state index contributed by atoms with van der Waals surface area (Å²) in [7, 11) is 0. The molecule has 1 fully saturated rings. The third-order valence-electron chi connectivity index (χ3n) is 2.72. The van der Waals surface area contributed by atoms with Crippen LogP contribution in [0.5, 0.6) is 0 Å². The van der Waals surface area contributed by atoms with E-state index in [2.05, 4.69) is 16.9 Å². The van der Waals surface area contributed by atoms with Crippen molar-refractivity contribution in [1.29, 1.82) is 0 Å². The summed E-state index contributed by atoms with van der Waals surface area (Å²) in [5.41, 5.74) is 5.43. The predicted molar refractivity (Wildman–Crippen MR) is 55.2 cm³/mol. The Labute approximate surface area is 83.7 Å². The van der Waals surface area contributed by atoms with Gasteiger partial charge in [0.25, 0.3) is 0 Å². The lowest BCUT2D eigenvalue weighted by molar-refractivity contribution is 0.0761. The second-order valence-corrected chi connectivity index (χ2v) is 3.85. The first-order chi connectivity index (χ1) is 6.75. The van der Waals surface area contributed by atoms with Gasteiger partial charge in [-0.3, -0.25) is 0 Å². The number of nitrogens with two attached hydrogens (primary N) is 1. The minimum absolute atomic E-state index is 0.316. The molecule has 5 heteroatoms. The van der Waals surface area contributed by atoms with Gasteiger partial charge in [-0.1, -0.05) is 6.92 Å². The third-order valence-corrected chi connectivity index (χ3v) is 2.72. The van der Waals surface area contributed by atoms with Gasteiger partial charge in [0, 0.05) is 13.2 Å². The van der Waals surface area contributed by atoms with Crippen molar-refractivity contribution in [3.63, 3.8) is 0 Å². The number of hydrogen-bond acceptors (Lipinski definition) is 5. The van der Waals surface area contributed by atoms with Crippen molar-refractivity contribution < 1.29 is 4.74 Å². The number of ether oxygens (including phenoxy) is 1. The van der Waals surface area contributed by atoms with Gasteiger partial charge >= 0.3 is 0 Å². The fourth-order valence-corrected chi connectivity index (χ4v) is 1.71. The lowest BCUT2D eigenvalue weighted by atomic mass is 10.0. The molecule has 0 bridgehead atoms. The molecule has 0 radical (unpaired) electrons. The van der Waals surface area contributed by atoms with Crippen LogP contribution in [0.25, 0.3) is 0 Å². The van der Waals surface area contributed by atoms with Crippen LogP contribution in [-0.2, 0) is 4.74 Å². The van der Waals surface area contributed by atoms with Crippen LogP contribution in [0.1, 0.15) is 13.3 Å². The van der Waals surface area contributed by atoms with Crippen LogP contribution in [-0.4, -0.2) is 43.1 Å². The Balaban J connectivity index is 1.84. The fourth-order valence-electron chi connectivity index (χ4n) is 1.71. The quantitative estimate of drug-likeness (QED) is 0.677. The Bertz CT molecular complexity index is 264. The largest absolute Gasteiger partial charge is 0.376 e. The zero-order valence-electron chi connectivity index (χ0n) is 8.39. The van der Waals surface area contributed by atoms with E-state index in [9.17, 15) is 0 Å². The average molecular weight is 196 g/mol. The third kappa shape index (κ3) is 2.04. The molecule has 2 aliphatic heterocycles. The molecule has 2 unspecified atom stereocenters. The molecule has 0 aliphatic carbocycles. The maximum atomic E-state index is 5.61. The molecule has 0 aromatic rings. The molecule has 14 heavy (non-hydrogen) atoms. The van der Waals surface area contributed by atoms with Gasteiger partial charge in [-0.25, -0.2) is 9.98 Å². The van der Waals surface area contributed by atoms with Gasteiger partial charge in [0.1, 0.15) is 6.67 Å². The SMILES string of the molecule is CC1CCOC1CN1C=NC(N)=NC1. The standard InChI is InChI=1S/C9H16N4O/c1-7-2-3-14-8(7)4-13-5-11-9(10)12-6-13/h5,7-8H,2-4,6H2,1H3,(H2,10,12). The Kier molecular flexibility index (Phi) is 2.67. The molecule has 2 N–H and O–H groups in total. The topological polar surface area (TPSA) is 63.2 Å². The molecule has 5 nitrogen and oxygen atoms in total. The average Bonchev–Trinajstić information content (AvgIpc) is 2.56. The monoisotopic (exact) mass is 196 g/mol. The van der Waals surface area contributed by atoms with Crippen molar-refractivity contribution in [2.75, 3.05) is 19.8 Å². The highest BCUT2D eigenvalue weighted by molar-refractivity contribution is 5.87. The molecular weight excluding hydrogens is 180 g/mol. The van der Waals surface area contributed by atoms with Crippen molar-refractivity contribution >= 4 is 12.3 Å². The van der Waals surface area contributed by atoms with Crippen molar-refractivity contribution in [3.8, 4) is 0 Å². The summed E-state index contributed by atoms with van der Waals surface area (Å²) in [6, 6.07) is 0. The van der Waals surface area contributed by atoms with E-state index >= 15 is 0 Å². The van der Waals surface area contributed by atoms with E-state index < -0.39 is 0 Å². The minimum Gasteiger partial charge on any atom is -0.376 e. The lowest BCUT2D eigenvalue weighted by Crippen LogP contribution is -2.37. The summed E-state index contributed by atoms with van der Waals surface area (Å²) in [6.07, 6.45) is 3.22. The Hall–Kier alpha value is -1.10. The maximum absolute atomic E-state index is 5.61. The van der Waals surface area contributed by atoms with Crippen LogP contribution < -0.4 is 5.73 Å². The van der Waals surface area contributed by atoms with E-state index in [1.54, 1.807) is 6.34 Å². The fraction of sp³-hybridized carbons (Fsp3) is 0.778. The molecule has 0 aromatic heterocycles. The van der Waals surface area contributed by atoms with Crippen molar-refractivity contribution in [2.45, 2.75) is 19.4 Å². The molecule has 1 saturated heterocycles. The predicted octanol–water partition coefficient (Wildman–Crippen LogP) is 0.0275. The molecule has 0 amide bonds. The molecule has 0 aromatic carbocycles. The number of hydrogen-bond donors (Lipinski definition) is 1. The molecule has 2 aliphatic rings. The maximum Gasteiger partial charge on any atom is 0.218 e. The van der Waals surface area contributed by atoms with Gasteiger partial charge < -0.3 is 15.4 Å². The molecule has 0 saturated carbocycles. The van der Waals surface area contributed by atoms with E-state index in [-0.39, 0.29) is 0 Å². The highest BCUT2D eigenvalue weighted by Crippen LogP contribution is 2.20. The summed E-state index contributed by atoms with van der Waals surface area (Å²) in [5.74, 6) is 0.994. The van der Waals surface area contributed by atoms with Crippen molar-refractivity contribution in [2.24, 2.45) is 21.6 Å². The second kappa shape index (κ2) is 3.96. The van der Waals surface area contributed by atoms with Gasteiger partial charge in [0.2, 0.25) is 5.96 Å². The highest BCUT2D eigenvalue weighted by Gasteiger charge is 2.25. The van der Waals surface area contributed by atoms with Gasteiger partial charge in [0.15, 0.2) is 0 Å². The van der Waals surface area contributed by atoms with Crippen molar-refractivity contribution in [3.05, 3.63) is 0 Å². The van der Waals surface area contributed by atoms with Gasteiger partial charge in [-0.05, 0) is 12.3 Å². The number of rotatable bonds is 2. The highest BCUT2D eigenvalue weighted by atomic mass is 16.5. The molecule has 78 valence electrons. The number of aliphatic imine (C=N–C) groups is 2. The Morgan fingerprint density at radius 3 is 3.14 bits per heavy atom. The first kappa shape index (κ1) is 9.45. The van der Waals surface area contributed by atoms with Crippen LogP contribution >= 0.6 is 0 Å². The Morgan fingerprint density at radius 1 is 1.71 bits per heavy atom. The Morgan fingerprint density at radius 2 is 2.57 bits per heavy atom. The van der Waals surface area contributed by atoms with Crippen LogP contribution in [0.3, 0.4) is 0 Å². The van der Waals surface area contributed by atoms with Crippen LogP contribution in [0.4, 0.5) is 0 Å². The molecule has 2 heterocycles. The van der Waals surface area contributed by atoms with E-state index in [1.165, 1.54) is 0 Å². The summed E-state index contributed by atoms with van der Waals surface area (Å²) < 4.78 is 5.61. The summed E-state index contributed by atoms with van der Waals surface area (Å²) >= 11 is 0. The van der Waals surface area contributed by atoms with E-state index in [0.717, 1.165) is 19.6 Å². The molecule has 2 rings (SSSR count). The first-order valence-corrected chi connectivity index (χ1v) is 4.95. The van der Waals surface area contributed by atoms with Crippen LogP contribution in [0, 0.1) is 5.92 Å². The normalized spacial score (nSPS) is 32.1. The summed E-state index contributed by atoms with van der Waals surface area (Å²) in [5, 5.41) is 0. The second-order valence-electron chi connectivity index (χ2n) is 3.85. The van der Waals surface area contributed by atoms with Gasteiger partial charge in [-0.2, -0.15) is 0 Å². The smallest absolute Gasteiger partial charge is 0.218 e. The number of guanidine groups is 1. The van der Waals surface area contributed by atoms with Crippen LogP contribution in [0.2, 0.25) is 0 Å².